The van der Waals surface area contributed by atoms with Gasteiger partial charge in [-0.3, -0.25) is 9.59 Å². The summed E-state index contributed by atoms with van der Waals surface area (Å²) in [7, 11) is 0. The minimum Gasteiger partial charge on any atom is -0.354 e. The molecular formula is C13H24FNO2. The summed E-state index contributed by atoms with van der Waals surface area (Å²) >= 11 is 0. The summed E-state index contributed by atoms with van der Waals surface area (Å²) in [5, 5.41) is 2.83. The summed E-state index contributed by atoms with van der Waals surface area (Å²) in [5.74, 6) is -0.724. The van der Waals surface area contributed by atoms with Crippen molar-refractivity contribution in [2.24, 2.45) is 11.3 Å². The van der Waals surface area contributed by atoms with Gasteiger partial charge < -0.3 is 5.32 Å². The van der Waals surface area contributed by atoms with Gasteiger partial charge in [-0.25, -0.2) is 4.39 Å². The van der Waals surface area contributed by atoms with E-state index in [0.717, 1.165) is 0 Å². The molecular weight excluding hydrogens is 221 g/mol. The zero-order valence-corrected chi connectivity index (χ0v) is 11.5. The molecule has 0 heterocycles. The lowest BCUT2D eigenvalue weighted by Crippen LogP contribution is -2.39. The molecule has 0 spiro atoms. The van der Waals surface area contributed by atoms with E-state index in [4.69, 9.17) is 0 Å². The number of carbonyl (C=O) groups is 2. The second kappa shape index (κ2) is 6.72. The first kappa shape index (κ1) is 16.1. The molecule has 1 unspecified atom stereocenters. The van der Waals surface area contributed by atoms with Crippen LogP contribution in [0.15, 0.2) is 0 Å². The number of hydrogen-bond donors (Lipinski definition) is 1. The zero-order valence-electron chi connectivity index (χ0n) is 11.5. The van der Waals surface area contributed by atoms with Gasteiger partial charge in [0, 0.05) is 17.4 Å². The van der Waals surface area contributed by atoms with E-state index in [1.165, 1.54) is 0 Å². The summed E-state index contributed by atoms with van der Waals surface area (Å²) < 4.78 is 12.4. The number of ketones is 1. The Bertz CT molecular complexity index is 275. The largest absolute Gasteiger partial charge is 0.354 e. The third-order valence-electron chi connectivity index (χ3n) is 2.93. The van der Waals surface area contributed by atoms with Crippen molar-refractivity contribution in [2.75, 3.05) is 6.67 Å². The summed E-state index contributed by atoms with van der Waals surface area (Å²) in [4.78, 5) is 23.3. The van der Waals surface area contributed by atoms with Crippen LogP contribution in [-0.4, -0.2) is 24.4 Å². The van der Waals surface area contributed by atoms with Gasteiger partial charge in [-0.05, 0) is 26.7 Å². The van der Waals surface area contributed by atoms with Crippen LogP contribution in [0, 0.1) is 11.3 Å². The summed E-state index contributed by atoms with van der Waals surface area (Å²) in [6.07, 6.45) is 1.05. The molecule has 0 aromatic rings. The molecule has 0 radical (unpaired) electrons. The van der Waals surface area contributed by atoms with Crippen molar-refractivity contribution in [3.05, 3.63) is 0 Å². The first-order valence-corrected chi connectivity index (χ1v) is 6.14. The van der Waals surface area contributed by atoms with Crippen molar-refractivity contribution in [1.82, 2.24) is 5.32 Å². The van der Waals surface area contributed by atoms with Crippen LogP contribution in [0.1, 0.15) is 47.5 Å². The van der Waals surface area contributed by atoms with Crippen molar-refractivity contribution >= 4 is 11.7 Å². The predicted octanol–water partition coefficient (Wildman–Crippen LogP) is 2.49. The lowest BCUT2D eigenvalue weighted by molar-refractivity contribution is -0.131. The van der Waals surface area contributed by atoms with E-state index < -0.39 is 17.9 Å². The SMILES string of the molecule is CCC(CC(C)(C)C(=O)CF)C(=O)NC(C)C. The first-order chi connectivity index (χ1) is 7.74. The molecule has 1 amide bonds. The molecule has 0 bridgehead atoms. The summed E-state index contributed by atoms with van der Waals surface area (Å²) in [6, 6.07) is 0.0801. The quantitative estimate of drug-likeness (QED) is 0.749. The van der Waals surface area contributed by atoms with E-state index in [9.17, 15) is 14.0 Å². The van der Waals surface area contributed by atoms with E-state index in [0.29, 0.717) is 12.8 Å². The lowest BCUT2D eigenvalue weighted by atomic mass is 9.78. The third-order valence-corrected chi connectivity index (χ3v) is 2.93. The normalized spacial score (nSPS) is 13.6. The fraction of sp³-hybridized carbons (Fsp3) is 0.846. The summed E-state index contributed by atoms with van der Waals surface area (Å²) in [5.41, 5.74) is -0.774. The van der Waals surface area contributed by atoms with Gasteiger partial charge in [-0.2, -0.15) is 0 Å². The zero-order chi connectivity index (χ0) is 13.6. The Morgan fingerprint density at radius 1 is 1.29 bits per heavy atom. The molecule has 0 aliphatic heterocycles. The highest BCUT2D eigenvalue weighted by Crippen LogP contribution is 2.28. The molecule has 0 saturated carbocycles. The standard InChI is InChI=1S/C13H24FNO2/c1-6-10(12(17)15-9(2)3)7-13(4,5)11(16)8-14/h9-10H,6-8H2,1-5H3,(H,15,17). The van der Waals surface area contributed by atoms with Crippen molar-refractivity contribution in [2.45, 2.75) is 53.5 Å². The Balaban J connectivity index is 4.59. The number of nitrogens with one attached hydrogen (secondary N) is 1. The molecule has 0 aromatic carbocycles. The molecule has 1 N–H and O–H groups in total. The van der Waals surface area contributed by atoms with Gasteiger partial charge in [0.2, 0.25) is 5.91 Å². The molecule has 4 heteroatoms. The molecule has 0 aliphatic carbocycles. The van der Waals surface area contributed by atoms with Gasteiger partial charge in [0.15, 0.2) is 5.78 Å². The molecule has 0 fully saturated rings. The maximum atomic E-state index is 12.4. The highest BCUT2D eigenvalue weighted by atomic mass is 19.1. The number of amides is 1. The van der Waals surface area contributed by atoms with Crippen LogP contribution in [0.4, 0.5) is 4.39 Å². The van der Waals surface area contributed by atoms with Crippen molar-refractivity contribution in [1.29, 1.82) is 0 Å². The number of halogens is 1. The highest BCUT2D eigenvalue weighted by molar-refractivity contribution is 5.86. The van der Waals surface area contributed by atoms with Gasteiger partial charge in [-0.15, -0.1) is 0 Å². The molecule has 0 aromatic heterocycles. The first-order valence-electron chi connectivity index (χ1n) is 6.14. The van der Waals surface area contributed by atoms with Crippen LogP contribution in [0.2, 0.25) is 0 Å². The third kappa shape index (κ3) is 5.29. The van der Waals surface area contributed by atoms with Gasteiger partial charge in [-0.1, -0.05) is 20.8 Å². The number of carbonyl (C=O) groups excluding carboxylic acids is 2. The number of hydrogen-bond acceptors (Lipinski definition) is 2. The second-order valence-corrected chi connectivity index (χ2v) is 5.41. The number of alkyl halides is 1. The molecule has 17 heavy (non-hydrogen) atoms. The maximum absolute atomic E-state index is 12.4. The Hall–Kier alpha value is -0.930. The van der Waals surface area contributed by atoms with Crippen molar-refractivity contribution in [3.63, 3.8) is 0 Å². The Labute approximate surface area is 103 Å². The topological polar surface area (TPSA) is 46.2 Å². The van der Waals surface area contributed by atoms with Crippen LogP contribution in [0.5, 0.6) is 0 Å². The second-order valence-electron chi connectivity index (χ2n) is 5.41. The average Bonchev–Trinajstić information content (AvgIpc) is 2.23. The summed E-state index contributed by atoms with van der Waals surface area (Å²) in [6.45, 7) is 8.11. The van der Waals surface area contributed by atoms with Crippen LogP contribution < -0.4 is 5.32 Å². The minimum absolute atomic E-state index is 0.0535. The molecule has 0 saturated heterocycles. The Kier molecular flexibility index (Phi) is 6.35. The number of rotatable bonds is 7. The molecule has 100 valence electrons. The van der Waals surface area contributed by atoms with Gasteiger partial charge in [0.25, 0.3) is 0 Å². The molecule has 0 aliphatic rings. The molecule has 3 nitrogen and oxygen atoms in total. The van der Waals surface area contributed by atoms with Crippen LogP contribution in [0.25, 0.3) is 0 Å². The van der Waals surface area contributed by atoms with Crippen molar-refractivity contribution in [3.8, 4) is 0 Å². The maximum Gasteiger partial charge on any atom is 0.223 e. The van der Waals surface area contributed by atoms with Crippen LogP contribution >= 0.6 is 0 Å². The predicted molar refractivity (Wildman–Crippen MR) is 66.4 cm³/mol. The minimum atomic E-state index is -0.963. The smallest absolute Gasteiger partial charge is 0.223 e. The fourth-order valence-corrected chi connectivity index (χ4v) is 1.74. The van der Waals surface area contributed by atoms with E-state index in [2.05, 4.69) is 5.32 Å². The monoisotopic (exact) mass is 245 g/mol. The Morgan fingerprint density at radius 2 is 1.82 bits per heavy atom. The van der Waals surface area contributed by atoms with E-state index in [-0.39, 0.29) is 17.9 Å². The average molecular weight is 245 g/mol. The van der Waals surface area contributed by atoms with E-state index in [1.54, 1.807) is 13.8 Å². The number of Topliss-reactive ketones (excluding diaryl/α,β-unsaturated/α-hetero) is 1. The van der Waals surface area contributed by atoms with Crippen LogP contribution in [-0.2, 0) is 9.59 Å². The van der Waals surface area contributed by atoms with Gasteiger partial charge >= 0.3 is 0 Å². The van der Waals surface area contributed by atoms with Gasteiger partial charge in [0.1, 0.15) is 6.67 Å². The lowest BCUT2D eigenvalue weighted by Gasteiger charge is -2.27. The van der Waals surface area contributed by atoms with E-state index in [1.807, 2.05) is 20.8 Å². The van der Waals surface area contributed by atoms with Crippen LogP contribution in [0.3, 0.4) is 0 Å². The Morgan fingerprint density at radius 3 is 2.18 bits per heavy atom. The highest BCUT2D eigenvalue weighted by Gasteiger charge is 2.32. The molecule has 0 rings (SSSR count). The molecule has 1 atom stereocenters. The van der Waals surface area contributed by atoms with Crippen molar-refractivity contribution < 1.29 is 14.0 Å². The van der Waals surface area contributed by atoms with E-state index >= 15 is 0 Å². The fourth-order valence-electron chi connectivity index (χ4n) is 1.74. The van der Waals surface area contributed by atoms with Gasteiger partial charge in [0.05, 0.1) is 0 Å².